The number of ether oxygens (including phenoxy) is 1. The topological polar surface area (TPSA) is 104 Å². The number of hydrogen-bond acceptors (Lipinski definition) is 7. The van der Waals surface area contributed by atoms with Crippen LogP contribution < -0.4 is 15.0 Å². The van der Waals surface area contributed by atoms with E-state index in [1.54, 1.807) is 36.4 Å². The molecule has 2 aliphatic heterocycles. The molecule has 0 unspecified atom stereocenters. The van der Waals surface area contributed by atoms with Gasteiger partial charge >= 0.3 is 0 Å². The van der Waals surface area contributed by atoms with Crippen LogP contribution in [0.3, 0.4) is 0 Å². The zero-order valence-corrected chi connectivity index (χ0v) is 17.8. The molecule has 2 atom stereocenters. The van der Waals surface area contributed by atoms with Crippen molar-refractivity contribution in [1.29, 1.82) is 0 Å². The molecule has 4 rings (SSSR count). The third-order valence-corrected chi connectivity index (χ3v) is 5.41. The van der Waals surface area contributed by atoms with E-state index in [0.717, 1.165) is 14.9 Å². The maximum atomic E-state index is 13.0. The van der Waals surface area contributed by atoms with Gasteiger partial charge < -0.3 is 10.1 Å². The van der Waals surface area contributed by atoms with Gasteiger partial charge in [-0.1, -0.05) is 27.2 Å². The van der Waals surface area contributed by atoms with Crippen LogP contribution in [0.1, 0.15) is 5.56 Å². The lowest BCUT2D eigenvalue weighted by Crippen LogP contribution is -2.43. The summed E-state index contributed by atoms with van der Waals surface area (Å²) >= 11 is 3.33. The summed E-state index contributed by atoms with van der Waals surface area (Å²) in [5, 5.41) is 11.8. The summed E-state index contributed by atoms with van der Waals surface area (Å²) in [6.45, 7) is 1.67. The molecule has 0 spiro atoms. The van der Waals surface area contributed by atoms with Gasteiger partial charge in [0.25, 0.3) is 11.8 Å². The highest BCUT2D eigenvalue weighted by Crippen LogP contribution is 2.32. The summed E-state index contributed by atoms with van der Waals surface area (Å²) in [5.41, 5.74) is 1.92. The largest absolute Gasteiger partial charge is 0.495 e. The quantitative estimate of drug-likeness (QED) is 0.675. The van der Waals surface area contributed by atoms with Crippen LogP contribution >= 0.6 is 15.9 Å². The van der Waals surface area contributed by atoms with Gasteiger partial charge in [0.1, 0.15) is 12.3 Å². The van der Waals surface area contributed by atoms with Crippen LogP contribution in [0.4, 0.5) is 11.4 Å². The first-order chi connectivity index (χ1) is 14.4. The first kappa shape index (κ1) is 20.0. The van der Waals surface area contributed by atoms with Gasteiger partial charge in [0.2, 0.25) is 5.91 Å². The zero-order chi connectivity index (χ0) is 21.4. The van der Waals surface area contributed by atoms with E-state index in [4.69, 9.17) is 4.74 Å². The monoisotopic (exact) mass is 471 g/mol. The fourth-order valence-electron chi connectivity index (χ4n) is 3.45. The van der Waals surface area contributed by atoms with Crippen LogP contribution in [-0.4, -0.2) is 48.5 Å². The molecule has 2 aromatic carbocycles. The van der Waals surface area contributed by atoms with Crippen molar-refractivity contribution in [2.45, 2.75) is 19.0 Å². The van der Waals surface area contributed by atoms with Crippen molar-refractivity contribution < 1.29 is 19.1 Å². The number of carbonyl (C=O) groups is 3. The Morgan fingerprint density at radius 2 is 1.90 bits per heavy atom. The number of amides is 3. The maximum absolute atomic E-state index is 13.0. The Morgan fingerprint density at radius 1 is 1.17 bits per heavy atom. The van der Waals surface area contributed by atoms with Crippen molar-refractivity contribution >= 4 is 45.0 Å². The van der Waals surface area contributed by atoms with Crippen LogP contribution in [0, 0.1) is 6.92 Å². The van der Waals surface area contributed by atoms with Crippen LogP contribution in [0.2, 0.25) is 0 Å². The fourth-order valence-corrected chi connectivity index (χ4v) is 3.72. The fraction of sp³-hybridized carbons (Fsp3) is 0.250. The average molecular weight is 472 g/mol. The molecule has 1 N–H and O–H groups in total. The molecule has 0 aliphatic carbocycles. The van der Waals surface area contributed by atoms with E-state index < -0.39 is 29.8 Å². The highest BCUT2D eigenvalue weighted by atomic mass is 79.9. The molecule has 3 amide bonds. The van der Waals surface area contributed by atoms with Crippen molar-refractivity contribution in [3.05, 3.63) is 52.5 Å². The molecule has 0 bridgehead atoms. The van der Waals surface area contributed by atoms with Gasteiger partial charge in [0, 0.05) is 4.47 Å². The minimum atomic E-state index is -0.956. The van der Waals surface area contributed by atoms with E-state index in [-0.39, 0.29) is 6.54 Å². The Bertz CT molecular complexity index is 1060. The molecule has 9 nitrogen and oxygen atoms in total. The minimum absolute atomic E-state index is 0.227. The highest BCUT2D eigenvalue weighted by molar-refractivity contribution is 9.10. The van der Waals surface area contributed by atoms with E-state index in [9.17, 15) is 14.4 Å². The van der Waals surface area contributed by atoms with Crippen molar-refractivity contribution in [1.82, 2.24) is 5.01 Å². The molecule has 0 aromatic heterocycles. The number of rotatable bonds is 5. The predicted octanol–water partition coefficient (Wildman–Crippen LogP) is 2.70. The van der Waals surface area contributed by atoms with E-state index in [1.165, 1.54) is 12.1 Å². The number of methoxy groups -OCH3 is 1. The summed E-state index contributed by atoms with van der Waals surface area (Å²) in [7, 11) is 1.51. The molecular formula is C20H18BrN5O4. The smallest absolute Gasteiger partial charge is 0.263 e. The Hall–Kier alpha value is -3.27. The molecule has 30 heavy (non-hydrogen) atoms. The number of benzene rings is 2. The molecule has 2 heterocycles. The minimum Gasteiger partial charge on any atom is -0.495 e. The summed E-state index contributed by atoms with van der Waals surface area (Å²) in [6.07, 6.45) is 0. The lowest BCUT2D eigenvalue weighted by molar-refractivity contribution is -0.123. The van der Waals surface area contributed by atoms with Gasteiger partial charge in [-0.2, -0.15) is 5.11 Å². The predicted molar refractivity (Wildman–Crippen MR) is 112 cm³/mol. The van der Waals surface area contributed by atoms with E-state index in [1.807, 2.05) is 13.0 Å². The first-order valence-electron chi connectivity index (χ1n) is 9.14. The Morgan fingerprint density at radius 3 is 2.60 bits per heavy atom. The molecule has 0 radical (unpaired) electrons. The van der Waals surface area contributed by atoms with Crippen molar-refractivity contribution in [2.24, 2.45) is 10.3 Å². The van der Waals surface area contributed by atoms with Gasteiger partial charge in [-0.05, 0) is 48.9 Å². The second kappa shape index (κ2) is 7.86. The molecule has 2 aromatic rings. The highest BCUT2D eigenvalue weighted by Gasteiger charge is 2.55. The molecule has 10 heteroatoms. The Labute approximate surface area is 180 Å². The second-order valence-corrected chi connectivity index (χ2v) is 7.85. The number of hydrogen-bond donors (Lipinski definition) is 1. The van der Waals surface area contributed by atoms with Gasteiger partial charge in [-0.25, -0.2) is 4.90 Å². The number of anilines is 2. The van der Waals surface area contributed by atoms with Crippen molar-refractivity contribution in [2.75, 3.05) is 23.9 Å². The van der Waals surface area contributed by atoms with Gasteiger partial charge in [-0.15, -0.1) is 0 Å². The lowest BCUT2D eigenvalue weighted by Gasteiger charge is -2.20. The van der Waals surface area contributed by atoms with Crippen LogP contribution in [0.15, 0.2) is 57.3 Å². The average Bonchev–Trinajstić information content (AvgIpc) is 3.23. The van der Waals surface area contributed by atoms with Gasteiger partial charge in [-0.3, -0.25) is 19.4 Å². The van der Waals surface area contributed by atoms with E-state index in [2.05, 4.69) is 31.6 Å². The third kappa shape index (κ3) is 3.54. The van der Waals surface area contributed by atoms with Crippen molar-refractivity contribution in [3.63, 3.8) is 0 Å². The van der Waals surface area contributed by atoms with Gasteiger partial charge in [0.05, 0.1) is 18.5 Å². The van der Waals surface area contributed by atoms with E-state index in [0.29, 0.717) is 17.1 Å². The Kier molecular flexibility index (Phi) is 5.25. The number of imide groups is 1. The van der Waals surface area contributed by atoms with Crippen molar-refractivity contribution in [3.8, 4) is 5.75 Å². The molecule has 0 saturated carbocycles. The number of halogens is 1. The first-order valence-corrected chi connectivity index (χ1v) is 9.93. The van der Waals surface area contributed by atoms with Crippen LogP contribution in [-0.2, 0) is 14.4 Å². The molecule has 154 valence electrons. The number of nitrogens with zero attached hydrogens (tertiary/aromatic N) is 4. The number of aryl methyl sites for hydroxylation is 1. The summed E-state index contributed by atoms with van der Waals surface area (Å²) < 4.78 is 6.09. The molecular weight excluding hydrogens is 454 g/mol. The number of fused-ring (bicyclic) bond motifs is 1. The van der Waals surface area contributed by atoms with E-state index >= 15 is 0 Å². The van der Waals surface area contributed by atoms with Gasteiger partial charge in [0.15, 0.2) is 12.1 Å². The SMILES string of the molecule is COc1ccc(C)cc1NC(=O)CN1N=N[C@@H]2C(=O)N(c3ccc(Br)cc3)C(=O)[C@H]21. The summed E-state index contributed by atoms with van der Waals surface area (Å²) in [5.74, 6) is -0.804. The van der Waals surface area contributed by atoms with Crippen LogP contribution in [0.25, 0.3) is 0 Å². The molecule has 1 fully saturated rings. The summed E-state index contributed by atoms with van der Waals surface area (Å²) in [6, 6.07) is 10.3. The molecule has 2 aliphatic rings. The maximum Gasteiger partial charge on any atom is 0.263 e. The second-order valence-electron chi connectivity index (χ2n) is 6.93. The summed E-state index contributed by atoms with van der Waals surface area (Å²) in [4.78, 5) is 39.4. The zero-order valence-electron chi connectivity index (χ0n) is 16.2. The number of carbonyl (C=O) groups excluding carboxylic acids is 3. The lowest BCUT2D eigenvalue weighted by atomic mass is 10.1. The third-order valence-electron chi connectivity index (χ3n) is 4.88. The molecule has 1 saturated heterocycles. The Balaban J connectivity index is 1.49. The van der Waals surface area contributed by atoms with Crippen LogP contribution in [0.5, 0.6) is 5.75 Å². The normalized spacial score (nSPS) is 20.0. The number of nitrogens with one attached hydrogen (secondary N) is 1. The standard InChI is InChI=1S/C20H18BrN5O4/c1-11-3-8-15(30-2)14(9-11)22-16(27)10-25-18-17(23-24-25)19(28)26(20(18)29)13-6-4-12(21)5-7-13/h3-9,17-18H,10H2,1-2H3,(H,22,27)/t17-,18-/m0/s1.